The number of aromatic nitrogens is 1. The normalized spacial score (nSPS) is 11.7. The summed E-state index contributed by atoms with van der Waals surface area (Å²) in [6.07, 6.45) is -0.341. The van der Waals surface area contributed by atoms with Gasteiger partial charge in [0.1, 0.15) is 11.6 Å². The molecule has 1 aromatic heterocycles. The van der Waals surface area contributed by atoms with Crippen LogP contribution in [-0.4, -0.2) is 23.4 Å². The van der Waals surface area contributed by atoms with Gasteiger partial charge in [0.05, 0.1) is 5.02 Å². The highest BCUT2D eigenvalue weighted by Crippen LogP contribution is 2.20. The zero-order valence-corrected chi connectivity index (χ0v) is 10.3. The molecule has 0 saturated carbocycles. The molecule has 7 heteroatoms. The zero-order chi connectivity index (χ0) is 14.4. The topological polar surface area (TPSA) is 77.6 Å². The van der Waals surface area contributed by atoms with E-state index in [-0.39, 0.29) is 16.2 Å². The van der Waals surface area contributed by atoms with Crippen molar-refractivity contribution in [3.05, 3.63) is 40.2 Å². The van der Waals surface area contributed by atoms with Crippen molar-refractivity contribution in [1.29, 1.82) is 10.7 Å². The monoisotopic (exact) mass is 283 g/mol. The van der Waals surface area contributed by atoms with Gasteiger partial charge in [-0.05, 0) is 11.6 Å². The number of pyridine rings is 1. The summed E-state index contributed by atoms with van der Waals surface area (Å²) < 4.78 is 25.1. The number of nitrogens with one attached hydrogen (secondary N) is 1. The summed E-state index contributed by atoms with van der Waals surface area (Å²) in [5.41, 5.74) is -1.09. The summed E-state index contributed by atoms with van der Waals surface area (Å²) in [7, 11) is 0. The fourth-order valence-corrected chi connectivity index (χ4v) is 1.58. The van der Waals surface area contributed by atoms with E-state index < -0.39 is 24.2 Å². The maximum atomic E-state index is 12.5. The molecule has 0 aliphatic heterocycles. The second-order valence-electron chi connectivity index (χ2n) is 3.45. The molecule has 98 valence electrons. The Labute approximate surface area is 112 Å². The molecule has 0 aromatic carbocycles. The van der Waals surface area contributed by atoms with Crippen LogP contribution in [0.3, 0.4) is 0 Å². The summed E-state index contributed by atoms with van der Waals surface area (Å²) in [6, 6.07) is 2.65. The van der Waals surface area contributed by atoms with Crippen molar-refractivity contribution in [3.63, 3.8) is 0 Å². The SMILES string of the molecule is N#C/C(=C(\C=N)CC(=O)c1ccncc1Cl)C(F)F. The maximum Gasteiger partial charge on any atom is 0.273 e. The molecule has 0 aliphatic carbocycles. The van der Waals surface area contributed by atoms with Gasteiger partial charge >= 0.3 is 0 Å². The largest absolute Gasteiger partial charge is 0.308 e. The van der Waals surface area contributed by atoms with Gasteiger partial charge in [-0.25, -0.2) is 8.78 Å². The van der Waals surface area contributed by atoms with Gasteiger partial charge in [-0.1, -0.05) is 11.6 Å². The molecule has 0 saturated heterocycles. The van der Waals surface area contributed by atoms with E-state index in [1.54, 1.807) is 0 Å². The number of nitrogens with zero attached hydrogens (tertiary/aromatic N) is 2. The fraction of sp³-hybridized carbons (Fsp3) is 0.167. The number of carbonyl (C=O) groups is 1. The second-order valence-corrected chi connectivity index (χ2v) is 3.86. The Balaban J connectivity index is 3.08. The Bertz CT molecular complexity index is 579. The number of allylic oxidation sites excluding steroid dienone is 2. The van der Waals surface area contributed by atoms with E-state index >= 15 is 0 Å². The lowest BCUT2D eigenvalue weighted by Crippen LogP contribution is -2.08. The smallest absolute Gasteiger partial charge is 0.273 e. The molecule has 1 heterocycles. The van der Waals surface area contributed by atoms with Crippen molar-refractivity contribution in [1.82, 2.24) is 4.98 Å². The van der Waals surface area contributed by atoms with Gasteiger partial charge in [0.2, 0.25) is 0 Å². The highest BCUT2D eigenvalue weighted by Gasteiger charge is 2.19. The van der Waals surface area contributed by atoms with Crippen LogP contribution < -0.4 is 0 Å². The number of ketones is 1. The van der Waals surface area contributed by atoms with Crippen LogP contribution in [0, 0.1) is 16.7 Å². The molecular weight excluding hydrogens is 276 g/mol. The zero-order valence-electron chi connectivity index (χ0n) is 9.53. The first-order valence-corrected chi connectivity index (χ1v) is 5.43. The Morgan fingerprint density at radius 1 is 1.63 bits per heavy atom. The van der Waals surface area contributed by atoms with Crippen molar-refractivity contribution >= 4 is 23.6 Å². The van der Waals surface area contributed by atoms with Crippen LogP contribution in [0.4, 0.5) is 8.78 Å². The van der Waals surface area contributed by atoms with E-state index in [9.17, 15) is 13.6 Å². The van der Waals surface area contributed by atoms with E-state index in [0.29, 0.717) is 6.21 Å². The number of Topliss-reactive ketones (excluding diaryl/α,β-unsaturated/α-hetero) is 1. The molecule has 0 fully saturated rings. The molecule has 0 atom stereocenters. The third-order valence-electron chi connectivity index (χ3n) is 2.28. The predicted octanol–water partition coefficient (Wildman–Crippen LogP) is 3.04. The van der Waals surface area contributed by atoms with Crippen LogP contribution >= 0.6 is 11.6 Å². The van der Waals surface area contributed by atoms with Crippen LogP contribution in [0.15, 0.2) is 29.6 Å². The number of hydrogen-bond donors (Lipinski definition) is 1. The van der Waals surface area contributed by atoms with Crippen LogP contribution in [0.25, 0.3) is 0 Å². The first kappa shape index (κ1) is 14.9. The molecule has 1 rings (SSSR count). The summed E-state index contributed by atoms with van der Waals surface area (Å²) in [6.45, 7) is 0. The molecular formula is C12H8ClF2N3O. The van der Waals surface area contributed by atoms with Gasteiger partial charge in [-0.3, -0.25) is 9.78 Å². The average Bonchev–Trinajstić information content (AvgIpc) is 2.38. The van der Waals surface area contributed by atoms with E-state index in [1.807, 2.05) is 0 Å². The quantitative estimate of drug-likeness (QED) is 0.512. The molecule has 0 aliphatic rings. The molecule has 0 radical (unpaired) electrons. The van der Waals surface area contributed by atoms with Crippen LogP contribution in [0.5, 0.6) is 0 Å². The van der Waals surface area contributed by atoms with Gasteiger partial charge in [-0.15, -0.1) is 0 Å². The van der Waals surface area contributed by atoms with Gasteiger partial charge < -0.3 is 5.41 Å². The number of hydrogen-bond acceptors (Lipinski definition) is 4. The van der Waals surface area contributed by atoms with Gasteiger partial charge in [-0.2, -0.15) is 5.26 Å². The van der Waals surface area contributed by atoms with Gasteiger partial charge in [0.25, 0.3) is 6.43 Å². The lowest BCUT2D eigenvalue weighted by molar-refractivity contribution is 0.0993. The maximum absolute atomic E-state index is 12.5. The molecule has 0 bridgehead atoms. The van der Waals surface area contributed by atoms with E-state index in [2.05, 4.69) is 4.98 Å². The minimum Gasteiger partial charge on any atom is -0.308 e. The number of nitriles is 1. The minimum atomic E-state index is -3.03. The fourth-order valence-electron chi connectivity index (χ4n) is 1.35. The first-order valence-electron chi connectivity index (χ1n) is 5.05. The van der Waals surface area contributed by atoms with Crippen LogP contribution in [-0.2, 0) is 0 Å². The lowest BCUT2D eigenvalue weighted by atomic mass is 10.0. The minimum absolute atomic E-state index is 0.0902. The predicted molar refractivity (Wildman–Crippen MR) is 65.6 cm³/mol. The van der Waals surface area contributed by atoms with Gasteiger partial charge in [0.15, 0.2) is 5.78 Å². The molecule has 1 aromatic rings. The summed E-state index contributed by atoms with van der Waals surface area (Å²) in [5, 5.41) is 15.7. The highest BCUT2D eigenvalue weighted by atomic mass is 35.5. The molecule has 19 heavy (non-hydrogen) atoms. The number of halogens is 3. The van der Waals surface area contributed by atoms with Crippen molar-refractivity contribution < 1.29 is 13.6 Å². The van der Waals surface area contributed by atoms with Crippen molar-refractivity contribution in [3.8, 4) is 6.07 Å². The molecule has 0 spiro atoms. The molecule has 0 amide bonds. The number of carbonyl (C=O) groups excluding carboxylic acids is 1. The third kappa shape index (κ3) is 3.66. The van der Waals surface area contributed by atoms with E-state index in [1.165, 1.54) is 24.5 Å². The molecule has 0 unspecified atom stereocenters. The third-order valence-corrected chi connectivity index (χ3v) is 2.58. The number of rotatable bonds is 5. The van der Waals surface area contributed by atoms with Gasteiger partial charge in [0, 0.05) is 30.6 Å². The summed E-state index contributed by atoms with van der Waals surface area (Å²) in [4.78, 5) is 15.6. The van der Waals surface area contributed by atoms with Crippen LogP contribution in [0.1, 0.15) is 16.8 Å². The summed E-state index contributed by atoms with van der Waals surface area (Å²) in [5.74, 6) is -0.556. The Kier molecular flexibility index (Phi) is 5.27. The Morgan fingerprint density at radius 2 is 2.32 bits per heavy atom. The lowest BCUT2D eigenvalue weighted by Gasteiger charge is -2.05. The van der Waals surface area contributed by atoms with Crippen molar-refractivity contribution in [2.24, 2.45) is 0 Å². The molecule has 1 N–H and O–H groups in total. The van der Waals surface area contributed by atoms with Crippen molar-refractivity contribution in [2.75, 3.05) is 0 Å². The molecule has 4 nitrogen and oxygen atoms in total. The first-order chi connectivity index (χ1) is 9.01. The standard InChI is InChI=1S/C12H8ClF2N3O/c13-10-6-18-2-1-8(10)11(19)3-7(4-16)9(5-17)12(14)15/h1-2,4,6,12,16H,3H2/b9-7+,16-4?. The Hall–Kier alpha value is -2.13. The highest BCUT2D eigenvalue weighted by molar-refractivity contribution is 6.33. The van der Waals surface area contributed by atoms with Crippen LogP contribution in [0.2, 0.25) is 5.02 Å². The van der Waals surface area contributed by atoms with Crippen molar-refractivity contribution in [2.45, 2.75) is 12.8 Å². The second kappa shape index (κ2) is 6.71. The Morgan fingerprint density at radius 3 is 2.79 bits per heavy atom. The van der Waals surface area contributed by atoms with E-state index in [0.717, 1.165) is 0 Å². The average molecular weight is 284 g/mol. The van der Waals surface area contributed by atoms with E-state index in [4.69, 9.17) is 22.3 Å². The summed E-state index contributed by atoms with van der Waals surface area (Å²) >= 11 is 5.75. The number of alkyl halides is 2.